The van der Waals surface area contributed by atoms with E-state index in [1.165, 1.54) is 0 Å². The Bertz CT molecular complexity index is 402. The van der Waals surface area contributed by atoms with Crippen LogP contribution in [0.3, 0.4) is 0 Å². The average molecular weight is 202 g/mol. The van der Waals surface area contributed by atoms with E-state index in [2.05, 4.69) is 6.07 Å². The molecule has 0 radical (unpaired) electrons. The van der Waals surface area contributed by atoms with Gasteiger partial charge in [-0.2, -0.15) is 5.26 Å². The molecule has 15 heavy (non-hydrogen) atoms. The molecular formula is C12H14N2O. The summed E-state index contributed by atoms with van der Waals surface area (Å²) in [6, 6.07) is 9.63. The van der Waals surface area contributed by atoms with Gasteiger partial charge in [0.05, 0.1) is 12.7 Å². The standard InChI is InChI=1S/C12H14N2O/c1-14(2)9-11(8-13)10-5-4-6-12(7-10)15-3/h4-7,9H,1-3H3/b11-9+. The Hall–Kier alpha value is -1.95. The predicted octanol–water partition coefficient (Wildman–Crippen LogP) is 2.12. The van der Waals surface area contributed by atoms with Gasteiger partial charge in [-0.25, -0.2) is 0 Å². The highest BCUT2D eigenvalue weighted by molar-refractivity contribution is 5.76. The van der Waals surface area contributed by atoms with E-state index in [1.807, 2.05) is 43.3 Å². The van der Waals surface area contributed by atoms with E-state index in [4.69, 9.17) is 10.00 Å². The highest BCUT2D eigenvalue weighted by Crippen LogP contribution is 2.19. The fourth-order valence-electron chi connectivity index (χ4n) is 1.22. The van der Waals surface area contributed by atoms with Gasteiger partial charge in [-0.15, -0.1) is 0 Å². The molecule has 1 rings (SSSR count). The third kappa shape index (κ3) is 3.03. The van der Waals surface area contributed by atoms with Crippen LogP contribution in [0.4, 0.5) is 0 Å². The fraction of sp³-hybridized carbons (Fsp3) is 0.250. The molecule has 0 aliphatic heterocycles. The molecule has 1 aromatic carbocycles. The topological polar surface area (TPSA) is 36.3 Å². The number of allylic oxidation sites excluding steroid dienone is 1. The molecule has 0 heterocycles. The maximum absolute atomic E-state index is 9.01. The van der Waals surface area contributed by atoms with Crippen molar-refractivity contribution >= 4 is 5.57 Å². The lowest BCUT2D eigenvalue weighted by atomic mass is 10.1. The van der Waals surface area contributed by atoms with Crippen molar-refractivity contribution in [1.29, 1.82) is 5.26 Å². The molecule has 3 nitrogen and oxygen atoms in total. The number of hydrogen-bond donors (Lipinski definition) is 0. The summed E-state index contributed by atoms with van der Waals surface area (Å²) in [7, 11) is 5.38. The van der Waals surface area contributed by atoms with Gasteiger partial charge in [0.1, 0.15) is 11.8 Å². The monoisotopic (exact) mass is 202 g/mol. The van der Waals surface area contributed by atoms with Crippen molar-refractivity contribution in [3.63, 3.8) is 0 Å². The summed E-state index contributed by atoms with van der Waals surface area (Å²) in [4.78, 5) is 1.85. The van der Waals surface area contributed by atoms with Gasteiger partial charge in [0, 0.05) is 20.3 Å². The van der Waals surface area contributed by atoms with Crippen LogP contribution in [0.25, 0.3) is 5.57 Å². The first-order valence-corrected chi connectivity index (χ1v) is 4.60. The van der Waals surface area contributed by atoms with Crippen LogP contribution < -0.4 is 4.74 Å². The minimum Gasteiger partial charge on any atom is -0.497 e. The van der Waals surface area contributed by atoms with Crippen LogP contribution >= 0.6 is 0 Å². The molecule has 0 fully saturated rings. The Morgan fingerprint density at radius 3 is 2.73 bits per heavy atom. The first-order valence-electron chi connectivity index (χ1n) is 4.60. The van der Waals surface area contributed by atoms with Crippen LogP contribution in [-0.4, -0.2) is 26.1 Å². The van der Waals surface area contributed by atoms with Crippen LogP contribution in [0.1, 0.15) is 5.56 Å². The zero-order valence-corrected chi connectivity index (χ0v) is 9.19. The van der Waals surface area contributed by atoms with Crippen molar-refractivity contribution < 1.29 is 4.74 Å². The second-order valence-electron chi connectivity index (χ2n) is 3.35. The van der Waals surface area contributed by atoms with Crippen LogP contribution in [0, 0.1) is 11.3 Å². The third-order valence-electron chi connectivity index (χ3n) is 1.89. The molecule has 0 unspecified atom stereocenters. The molecule has 0 atom stereocenters. The van der Waals surface area contributed by atoms with E-state index in [1.54, 1.807) is 13.3 Å². The van der Waals surface area contributed by atoms with E-state index < -0.39 is 0 Å². The van der Waals surface area contributed by atoms with Gasteiger partial charge < -0.3 is 9.64 Å². The van der Waals surface area contributed by atoms with Gasteiger partial charge >= 0.3 is 0 Å². The number of rotatable bonds is 3. The highest BCUT2D eigenvalue weighted by Gasteiger charge is 2.02. The van der Waals surface area contributed by atoms with Gasteiger partial charge in [0.15, 0.2) is 0 Å². The van der Waals surface area contributed by atoms with Gasteiger partial charge in [-0.05, 0) is 17.7 Å². The number of nitrogens with zero attached hydrogens (tertiary/aromatic N) is 2. The molecule has 0 saturated heterocycles. The van der Waals surface area contributed by atoms with Crippen molar-refractivity contribution in [1.82, 2.24) is 4.90 Å². The molecule has 1 aromatic rings. The molecule has 0 aliphatic rings. The van der Waals surface area contributed by atoms with Crippen LogP contribution in [-0.2, 0) is 0 Å². The first-order chi connectivity index (χ1) is 7.17. The second kappa shape index (κ2) is 5.06. The Labute approximate surface area is 90.2 Å². The Morgan fingerprint density at radius 2 is 2.20 bits per heavy atom. The SMILES string of the molecule is COc1cccc(/C(C#N)=C/N(C)C)c1. The van der Waals surface area contributed by atoms with E-state index in [9.17, 15) is 0 Å². The van der Waals surface area contributed by atoms with Gasteiger partial charge in [0.25, 0.3) is 0 Å². The molecule has 0 N–H and O–H groups in total. The fourth-order valence-corrected chi connectivity index (χ4v) is 1.22. The first kappa shape index (κ1) is 11.1. The minimum absolute atomic E-state index is 0.624. The minimum atomic E-state index is 0.624. The molecule has 78 valence electrons. The molecule has 3 heteroatoms. The smallest absolute Gasteiger partial charge is 0.119 e. The summed E-state index contributed by atoms with van der Waals surface area (Å²) in [6.45, 7) is 0. The largest absolute Gasteiger partial charge is 0.497 e. The predicted molar refractivity (Wildman–Crippen MR) is 60.3 cm³/mol. The molecule has 0 amide bonds. The van der Waals surface area contributed by atoms with Crippen molar-refractivity contribution in [3.05, 3.63) is 36.0 Å². The third-order valence-corrected chi connectivity index (χ3v) is 1.89. The second-order valence-corrected chi connectivity index (χ2v) is 3.35. The van der Waals surface area contributed by atoms with Gasteiger partial charge in [-0.1, -0.05) is 12.1 Å². The van der Waals surface area contributed by atoms with E-state index in [0.29, 0.717) is 5.57 Å². The lowest BCUT2D eigenvalue weighted by Gasteiger charge is -2.07. The van der Waals surface area contributed by atoms with Gasteiger partial charge in [0.2, 0.25) is 0 Å². The van der Waals surface area contributed by atoms with Crippen molar-refractivity contribution in [2.45, 2.75) is 0 Å². The summed E-state index contributed by atoms with van der Waals surface area (Å²) >= 11 is 0. The zero-order valence-electron chi connectivity index (χ0n) is 9.19. The van der Waals surface area contributed by atoms with E-state index >= 15 is 0 Å². The highest BCUT2D eigenvalue weighted by atomic mass is 16.5. The Balaban J connectivity index is 3.09. The molecule has 0 aromatic heterocycles. The van der Waals surface area contributed by atoms with Crippen LogP contribution in [0.5, 0.6) is 5.75 Å². The van der Waals surface area contributed by atoms with Gasteiger partial charge in [-0.3, -0.25) is 0 Å². The normalized spacial score (nSPS) is 10.7. The van der Waals surface area contributed by atoms with Crippen molar-refractivity contribution in [3.8, 4) is 11.8 Å². The van der Waals surface area contributed by atoms with E-state index in [0.717, 1.165) is 11.3 Å². The number of nitriles is 1. The average Bonchev–Trinajstić information content (AvgIpc) is 2.25. The van der Waals surface area contributed by atoms with Crippen LogP contribution in [0.2, 0.25) is 0 Å². The summed E-state index contributed by atoms with van der Waals surface area (Å²) in [5.74, 6) is 0.757. The van der Waals surface area contributed by atoms with Crippen molar-refractivity contribution in [2.24, 2.45) is 0 Å². The number of ether oxygens (including phenoxy) is 1. The maximum atomic E-state index is 9.01. The summed E-state index contributed by atoms with van der Waals surface area (Å²) in [5, 5.41) is 9.01. The molecule has 0 spiro atoms. The van der Waals surface area contributed by atoms with Crippen molar-refractivity contribution in [2.75, 3.05) is 21.2 Å². The maximum Gasteiger partial charge on any atom is 0.119 e. The zero-order chi connectivity index (χ0) is 11.3. The molecule has 0 aliphatic carbocycles. The summed E-state index contributed by atoms with van der Waals surface area (Å²) in [5.41, 5.74) is 1.49. The quantitative estimate of drug-likeness (QED) is 0.704. The Morgan fingerprint density at radius 1 is 1.47 bits per heavy atom. The number of hydrogen-bond acceptors (Lipinski definition) is 3. The Kier molecular flexibility index (Phi) is 3.75. The molecular weight excluding hydrogens is 188 g/mol. The molecule has 0 bridgehead atoms. The number of methoxy groups -OCH3 is 1. The summed E-state index contributed by atoms with van der Waals surface area (Å²) < 4.78 is 5.10. The lowest BCUT2D eigenvalue weighted by Crippen LogP contribution is -2.02. The summed E-state index contributed by atoms with van der Waals surface area (Å²) in [6.07, 6.45) is 1.79. The lowest BCUT2D eigenvalue weighted by molar-refractivity contribution is 0.414. The van der Waals surface area contributed by atoms with Crippen LogP contribution in [0.15, 0.2) is 30.5 Å². The number of benzene rings is 1. The molecule has 0 saturated carbocycles. The van der Waals surface area contributed by atoms with E-state index in [-0.39, 0.29) is 0 Å².